The van der Waals surface area contributed by atoms with Gasteiger partial charge in [-0.15, -0.1) is 0 Å². The molecule has 1 heterocycles. The van der Waals surface area contributed by atoms with Crippen LogP contribution in [0.25, 0.3) is 22.3 Å². The van der Waals surface area contributed by atoms with Crippen LogP contribution in [-0.4, -0.2) is 0 Å². The molecule has 0 saturated heterocycles. The van der Waals surface area contributed by atoms with E-state index in [4.69, 9.17) is 4.74 Å². The summed E-state index contributed by atoms with van der Waals surface area (Å²) < 4.78 is 6.54. The molecule has 36 heavy (non-hydrogen) atoms. The van der Waals surface area contributed by atoms with E-state index < -0.39 is 0 Å². The van der Waals surface area contributed by atoms with E-state index in [2.05, 4.69) is 136 Å². The Morgan fingerprint density at radius 1 is 0.500 bits per heavy atom. The maximum Gasteiger partial charge on any atom is 0.132 e. The second-order valence-corrected chi connectivity index (χ2v) is 10.7. The topological polar surface area (TPSA) is 9.23 Å². The predicted molar refractivity (Wildman–Crippen MR) is 148 cm³/mol. The van der Waals surface area contributed by atoms with Crippen LogP contribution in [-0.2, 0) is 10.8 Å². The standard InChI is InChI=1S/C35H28O/c1-34(2)28-16-8-7-14-26(28)27-22-23(20-21-29(27)34)25-15-11-19-32-33(25)35(3,24-12-5-4-6-13-24)30-17-9-10-18-31(30)36-32/h4-22H,1-3H3. The van der Waals surface area contributed by atoms with E-state index in [1.54, 1.807) is 0 Å². The average molecular weight is 465 g/mol. The molecule has 0 spiro atoms. The molecule has 1 unspecified atom stereocenters. The molecule has 1 atom stereocenters. The zero-order chi connectivity index (χ0) is 24.5. The first-order chi connectivity index (χ1) is 17.5. The molecule has 0 radical (unpaired) electrons. The van der Waals surface area contributed by atoms with E-state index in [9.17, 15) is 0 Å². The van der Waals surface area contributed by atoms with Gasteiger partial charge in [-0.1, -0.05) is 111 Å². The lowest BCUT2D eigenvalue weighted by molar-refractivity contribution is 0.428. The molecule has 2 aliphatic rings. The van der Waals surface area contributed by atoms with Gasteiger partial charge in [0.1, 0.15) is 11.5 Å². The fourth-order valence-electron chi connectivity index (χ4n) is 6.55. The molecule has 174 valence electrons. The fourth-order valence-corrected chi connectivity index (χ4v) is 6.55. The molecule has 5 aromatic rings. The zero-order valence-corrected chi connectivity index (χ0v) is 20.9. The van der Waals surface area contributed by atoms with E-state index in [1.807, 2.05) is 0 Å². The van der Waals surface area contributed by atoms with E-state index in [-0.39, 0.29) is 10.8 Å². The van der Waals surface area contributed by atoms with Crippen LogP contribution in [0.5, 0.6) is 11.5 Å². The van der Waals surface area contributed by atoms with Gasteiger partial charge in [0.15, 0.2) is 0 Å². The molecule has 0 fully saturated rings. The van der Waals surface area contributed by atoms with Crippen LogP contribution in [0.2, 0.25) is 0 Å². The summed E-state index contributed by atoms with van der Waals surface area (Å²) in [5.41, 5.74) is 11.3. The molecule has 5 aromatic carbocycles. The van der Waals surface area contributed by atoms with Crippen LogP contribution in [0.1, 0.15) is 48.6 Å². The van der Waals surface area contributed by atoms with Crippen molar-refractivity contribution in [1.82, 2.24) is 0 Å². The van der Waals surface area contributed by atoms with Crippen molar-refractivity contribution in [3.05, 3.63) is 143 Å². The summed E-state index contributed by atoms with van der Waals surface area (Å²) in [6.07, 6.45) is 0. The minimum absolute atomic E-state index is 0.00117. The number of hydrogen-bond donors (Lipinski definition) is 0. The Morgan fingerprint density at radius 3 is 1.97 bits per heavy atom. The minimum atomic E-state index is -0.349. The van der Waals surface area contributed by atoms with Crippen LogP contribution in [0.3, 0.4) is 0 Å². The van der Waals surface area contributed by atoms with Crippen molar-refractivity contribution in [3.63, 3.8) is 0 Å². The first-order valence-corrected chi connectivity index (χ1v) is 12.7. The maximum absolute atomic E-state index is 6.54. The second-order valence-electron chi connectivity index (χ2n) is 10.7. The highest BCUT2D eigenvalue weighted by Gasteiger charge is 2.42. The molecular weight excluding hydrogens is 436 g/mol. The summed E-state index contributed by atoms with van der Waals surface area (Å²) in [5, 5.41) is 0. The Kier molecular flexibility index (Phi) is 4.39. The number of benzene rings is 5. The monoisotopic (exact) mass is 464 g/mol. The molecule has 0 N–H and O–H groups in total. The lowest BCUT2D eigenvalue weighted by Crippen LogP contribution is -2.30. The van der Waals surface area contributed by atoms with E-state index in [0.29, 0.717) is 0 Å². The number of ether oxygens (including phenoxy) is 1. The summed E-state index contributed by atoms with van der Waals surface area (Å²) in [7, 11) is 0. The van der Waals surface area contributed by atoms with E-state index in [0.717, 1.165) is 11.5 Å². The first kappa shape index (κ1) is 21.2. The SMILES string of the molecule is CC1(C)c2ccccc2-c2cc(-c3cccc4c3C(C)(c3ccccc3)c3ccccc3O4)ccc21. The highest BCUT2D eigenvalue weighted by molar-refractivity contribution is 5.86. The molecule has 0 aromatic heterocycles. The van der Waals surface area contributed by atoms with Crippen molar-refractivity contribution in [2.45, 2.75) is 31.6 Å². The molecule has 7 rings (SSSR count). The van der Waals surface area contributed by atoms with Crippen molar-refractivity contribution in [1.29, 1.82) is 0 Å². The van der Waals surface area contributed by atoms with Crippen LogP contribution >= 0.6 is 0 Å². The Labute approximate surface area is 213 Å². The summed E-state index contributed by atoms with van der Waals surface area (Å²) in [6.45, 7) is 7.01. The van der Waals surface area contributed by atoms with Gasteiger partial charge < -0.3 is 4.74 Å². The van der Waals surface area contributed by atoms with Gasteiger partial charge in [0.05, 0.1) is 5.41 Å². The van der Waals surface area contributed by atoms with Crippen LogP contribution in [0.15, 0.2) is 115 Å². The van der Waals surface area contributed by atoms with E-state index in [1.165, 1.54) is 50.1 Å². The molecule has 0 amide bonds. The van der Waals surface area contributed by atoms with Gasteiger partial charge in [-0.3, -0.25) is 0 Å². The summed E-state index contributed by atoms with van der Waals surface area (Å²) in [6, 6.07) is 41.7. The molecule has 0 bridgehead atoms. The van der Waals surface area contributed by atoms with Crippen molar-refractivity contribution in [2.24, 2.45) is 0 Å². The van der Waals surface area contributed by atoms with Gasteiger partial charge in [0, 0.05) is 16.5 Å². The Morgan fingerprint density at radius 2 is 1.14 bits per heavy atom. The normalized spacial score (nSPS) is 18.4. The number of fused-ring (bicyclic) bond motifs is 5. The Balaban J connectivity index is 1.50. The largest absolute Gasteiger partial charge is 0.457 e. The fraction of sp³-hybridized carbons (Fsp3) is 0.143. The summed E-state index contributed by atoms with van der Waals surface area (Å²) in [5.74, 6) is 1.86. The Bertz CT molecular complexity index is 1640. The van der Waals surface area contributed by atoms with Crippen LogP contribution < -0.4 is 4.74 Å². The van der Waals surface area contributed by atoms with E-state index >= 15 is 0 Å². The average Bonchev–Trinajstić information content (AvgIpc) is 3.15. The van der Waals surface area contributed by atoms with Gasteiger partial charge in [0.25, 0.3) is 0 Å². The minimum Gasteiger partial charge on any atom is -0.457 e. The Hall–Kier alpha value is -4.10. The lowest BCUT2D eigenvalue weighted by atomic mass is 9.67. The molecular formula is C35H28O. The van der Waals surface area contributed by atoms with Crippen molar-refractivity contribution in [2.75, 3.05) is 0 Å². The molecule has 1 nitrogen and oxygen atoms in total. The highest BCUT2D eigenvalue weighted by Crippen LogP contribution is 2.55. The lowest BCUT2D eigenvalue weighted by Gasteiger charge is -2.39. The molecule has 1 heteroatoms. The van der Waals surface area contributed by atoms with Gasteiger partial charge >= 0.3 is 0 Å². The maximum atomic E-state index is 6.54. The van der Waals surface area contributed by atoms with Crippen molar-refractivity contribution < 1.29 is 4.74 Å². The first-order valence-electron chi connectivity index (χ1n) is 12.7. The summed E-state index contributed by atoms with van der Waals surface area (Å²) >= 11 is 0. The summed E-state index contributed by atoms with van der Waals surface area (Å²) in [4.78, 5) is 0. The molecule has 1 aliphatic carbocycles. The zero-order valence-electron chi connectivity index (χ0n) is 20.9. The third-order valence-electron chi connectivity index (χ3n) is 8.42. The van der Waals surface area contributed by atoms with Crippen molar-refractivity contribution >= 4 is 0 Å². The van der Waals surface area contributed by atoms with Crippen molar-refractivity contribution in [3.8, 4) is 33.8 Å². The number of rotatable bonds is 2. The third-order valence-corrected chi connectivity index (χ3v) is 8.42. The smallest absolute Gasteiger partial charge is 0.132 e. The third kappa shape index (κ3) is 2.77. The van der Waals surface area contributed by atoms with Gasteiger partial charge in [-0.05, 0) is 64.1 Å². The predicted octanol–water partition coefficient (Wildman–Crippen LogP) is 9.12. The number of para-hydroxylation sites is 1. The molecule has 1 aliphatic heterocycles. The van der Waals surface area contributed by atoms with Gasteiger partial charge in [-0.2, -0.15) is 0 Å². The van der Waals surface area contributed by atoms with Crippen LogP contribution in [0.4, 0.5) is 0 Å². The second kappa shape index (κ2) is 7.45. The van der Waals surface area contributed by atoms with Gasteiger partial charge in [0.2, 0.25) is 0 Å². The quantitative estimate of drug-likeness (QED) is 0.253. The molecule has 0 saturated carbocycles. The van der Waals surface area contributed by atoms with Gasteiger partial charge in [-0.25, -0.2) is 0 Å². The number of hydrogen-bond acceptors (Lipinski definition) is 1. The van der Waals surface area contributed by atoms with Crippen LogP contribution in [0, 0.1) is 0 Å². The highest BCUT2D eigenvalue weighted by atomic mass is 16.5.